The topological polar surface area (TPSA) is 81.8 Å². The average Bonchev–Trinajstić information content (AvgIpc) is 3.27. The van der Waals surface area contributed by atoms with Gasteiger partial charge < -0.3 is 5.32 Å². The minimum atomic E-state index is -0.254. The van der Waals surface area contributed by atoms with E-state index in [4.69, 9.17) is 4.98 Å². The number of fused-ring (bicyclic) bond motifs is 2. The number of rotatable bonds is 5. The molecule has 0 fully saturated rings. The van der Waals surface area contributed by atoms with Crippen LogP contribution in [0.2, 0.25) is 0 Å². The lowest BCUT2D eigenvalue weighted by Crippen LogP contribution is -2.31. The van der Waals surface area contributed by atoms with Crippen molar-refractivity contribution in [2.75, 3.05) is 12.3 Å². The van der Waals surface area contributed by atoms with Crippen LogP contribution in [-0.4, -0.2) is 37.5 Å². The maximum Gasteiger partial charge on any atom is 0.265 e. The van der Waals surface area contributed by atoms with Crippen molar-refractivity contribution in [2.45, 2.75) is 76.0 Å². The first-order valence-electron chi connectivity index (χ1n) is 10.4. The van der Waals surface area contributed by atoms with Gasteiger partial charge >= 0.3 is 0 Å². The molecule has 1 aliphatic carbocycles. The van der Waals surface area contributed by atoms with Crippen LogP contribution in [0.4, 0.5) is 0 Å². The molecule has 7 nitrogen and oxygen atoms in total. The molecule has 0 spiro atoms. The summed E-state index contributed by atoms with van der Waals surface area (Å²) in [4.78, 5) is 30.3. The Labute approximate surface area is 175 Å². The Hall–Kier alpha value is -2.09. The molecule has 1 aliphatic heterocycles. The number of thioether (sulfide) groups is 1. The number of aromatic nitrogens is 4. The zero-order valence-corrected chi connectivity index (χ0v) is 18.2. The molecule has 2 aromatic rings. The first kappa shape index (κ1) is 20.2. The SMILES string of the molecule is CC(C)(C)n1ncc2c(=O)n3c(nc21)SCC3CC(=O)NCCC1=CCCCC1. The molecule has 1 N–H and O–H groups in total. The fourth-order valence-corrected chi connectivity index (χ4v) is 5.18. The third-order valence-electron chi connectivity index (χ3n) is 5.58. The normalized spacial score (nSPS) is 19.3. The number of carbonyl (C=O) groups is 1. The highest BCUT2D eigenvalue weighted by molar-refractivity contribution is 7.99. The number of nitrogens with one attached hydrogen (secondary N) is 1. The van der Waals surface area contributed by atoms with Crippen molar-refractivity contribution < 1.29 is 4.79 Å². The second-order valence-electron chi connectivity index (χ2n) is 8.91. The summed E-state index contributed by atoms with van der Waals surface area (Å²) in [5.74, 6) is 0.688. The summed E-state index contributed by atoms with van der Waals surface area (Å²) < 4.78 is 3.48. The van der Waals surface area contributed by atoms with E-state index in [1.165, 1.54) is 30.2 Å². The van der Waals surface area contributed by atoms with E-state index in [1.54, 1.807) is 15.4 Å². The molecule has 2 aromatic heterocycles. The van der Waals surface area contributed by atoms with Crippen molar-refractivity contribution in [1.82, 2.24) is 24.6 Å². The Morgan fingerprint density at radius 2 is 2.17 bits per heavy atom. The van der Waals surface area contributed by atoms with E-state index in [0.717, 1.165) is 19.3 Å². The summed E-state index contributed by atoms with van der Waals surface area (Å²) in [5.41, 5.74) is 1.72. The Balaban J connectivity index is 1.46. The minimum Gasteiger partial charge on any atom is -0.356 e. The number of nitrogens with zero attached hydrogens (tertiary/aromatic N) is 4. The molecule has 4 rings (SSSR count). The predicted molar refractivity (Wildman–Crippen MR) is 115 cm³/mol. The zero-order chi connectivity index (χ0) is 20.6. The van der Waals surface area contributed by atoms with Gasteiger partial charge in [-0.3, -0.25) is 14.2 Å². The number of allylic oxidation sites excluding steroid dienone is 1. The smallest absolute Gasteiger partial charge is 0.265 e. The molecule has 3 heterocycles. The zero-order valence-electron chi connectivity index (χ0n) is 17.4. The predicted octanol–water partition coefficient (Wildman–Crippen LogP) is 3.39. The lowest BCUT2D eigenvalue weighted by atomic mass is 9.97. The van der Waals surface area contributed by atoms with Gasteiger partial charge in [0.05, 0.1) is 17.8 Å². The molecule has 0 radical (unpaired) electrons. The van der Waals surface area contributed by atoms with Gasteiger partial charge in [-0.1, -0.05) is 23.4 Å². The Morgan fingerprint density at radius 1 is 1.34 bits per heavy atom. The largest absolute Gasteiger partial charge is 0.356 e. The molecule has 1 amide bonds. The third kappa shape index (κ3) is 4.13. The maximum atomic E-state index is 13.1. The molecule has 2 aliphatic rings. The van der Waals surface area contributed by atoms with Crippen LogP contribution >= 0.6 is 11.8 Å². The maximum absolute atomic E-state index is 13.1. The van der Waals surface area contributed by atoms with Gasteiger partial charge in [-0.05, 0) is 52.9 Å². The van der Waals surface area contributed by atoms with Crippen LogP contribution in [0.25, 0.3) is 11.0 Å². The summed E-state index contributed by atoms with van der Waals surface area (Å²) in [5, 5.41) is 8.61. The molecule has 1 atom stereocenters. The Morgan fingerprint density at radius 3 is 2.90 bits per heavy atom. The van der Waals surface area contributed by atoms with Gasteiger partial charge in [-0.2, -0.15) is 5.10 Å². The van der Waals surface area contributed by atoms with Crippen LogP contribution in [0.1, 0.15) is 65.3 Å². The quantitative estimate of drug-likeness (QED) is 0.598. The van der Waals surface area contributed by atoms with Gasteiger partial charge in [0.2, 0.25) is 5.91 Å². The van der Waals surface area contributed by atoms with Crippen LogP contribution in [0.5, 0.6) is 0 Å². The van der Waals surface area contributed by atoms with Gasteiger partial charge in [0.15, 0.2) is 10.8 Å². The van der Waals surface area contributed by atoms with Crippen LogP contribution in [0, 0.1) is 0 Å². The van der Waals surface area contributed by atoms with E-state index in [-0.39, 0.29) is 23.0 Å². The van der Waals surface area contributed by atoms with Crippen molar-refractivity contribution in [3.8, 4) is 0 Å². The fourth-order valence-electron chi connectivity index (χ4n) is 4.05. The van der Waals surface area contributed by atoms with Crippen LogP contribution in [-0.2, 0) is 10.3 Å². The van der Waals surface area contributed by atoms with E-state index in [0.29, 0.717) is 34.9 Å². The first-order chi connectivity index (χ1) is 13.8. The molecule has 8 heteroatoms. The monoisotopic (exact) mass is 415 g/mol. The standard InChI is InChI=1S/C21H29N5O2S/c1-21(2,3)26-18-16(12-23-26)19(28)25-15(13-29-20(25)24-18)11-17(27)22-10-9-14-7-5-4-6-8-14/h7,12,15H,4-6,8-11,13H2,1-3H3,(H,22,27). The summed E-state index contributed by atoms with van der Waals surface area (Å²) in [6.07, 6.45) is 9.99. The summed E-state index contributed by atoms with van der Waals surface area (Å²) >= 11 is 1.54. The average molecular weight is 416 g/mol. The van der Waals surface area contributed by atoms with Crippen molar-refractivity contribution in [3.05, 3.63) is 28.2 Å². The van der Waals surface area contributed by atoms with Gasteiger partial charge in [-0.15, -0.1) is 0 Å². The third-order valence-corrected chi connectivity index (χ3v) is 6.68. The van der Waals surface area contributed by atoms with E-state index in [9.17, 15) is 9.59 Å². The van der Waals surface area contributed by atoms with Crippen molar-refractivity contribution in [3.63, 3.8) is 0 Å². The molecule has 0 saturated carbocycles. The Kier molecular flexibility index (Phi) is 5.55. The van der Waals surface area contributed by atoms with E-state index in [2.05, 4.69) is 16.5 Å². The second kappa shape index (κ2) is 7.97. The van der Waals surface area contributed by atoms with E-state index >= 15 is 0 Å². The van der Waals surface area contributed by atoms with Crippen molar-refractivity contribution in [1.29, 1.82) is 0 Å². The summed E-state index contributed by atoms with van der Waals surface area (Å²) in [6, 6.07) is -0.161. The molecular formula is C21H29N5O2S. The summed E-state index contributed by atoms with van der Waals surface area (Å²) in [6.45, 7) is 6.78. The van der Waals surface area contributed by atoms with Crippen molar-refractivity contribution in [2.24, 2.45) is 0 Å². The highest BCUT2D eigenvalue weighted by Crippen LogP contribution is 2.33. The van der Waals surface area contributed by atoms with Gasteiger partial charge in [0.25, 0.3) is 5.56 Å². The molecule has 1 unspecified atom stereocenters. The number of carbonyl (C=O) groups excluding carboxylic acids is 1. The molecule has 29 heavy (non-hydrogen) atoms. The molecule has 0 aromatic carbocycles. The highest BCUT2D eigenvalue weighted by Gasteiger charge is 2.30. The highest BCUT2D eigenvalue weighted by atomic mass is 32.2. The van der Waals surface area contributed by atoms with Crippen LogP contribution in [0.15, 0.2) is 27.8 Å². The fraction of sp³-hybridized carbons (Fsp3) is 0.619. The molecule has 0 bridgehead atoms. The second-order valence-corrected chi connectivity index (χ2v) is 9.90. The first-order valence-corrected chi connectivity index (χ1v) is 11.4. The Bertz CT molecular complexity index is 1010. The number of amides is 1. The van der Waals surface area contributed by atoms with E-state index < -0.39 is 0 Å². The van der Waals surface area contributed by atoms with Crippen molar-refractivity contribution >= 4 is 28.7 Å². The van der Waals surface area contributed by atoms with Gasteiger partial charge in [0.1, 0.15) is 5.39 Å². The molecule has 156 valence electrons. The van der Waals surface area contributed by atoms with Gasteiger partial charge in [0, 0.05) is 18.7 Å². The van der Waals surface area contributed by atoms with Gasteiger partial charge in [-0.25, -0.2) is 9.67 Å². The lowest BCUT2D eigenvalue weighted by molar-refractivity contribution is -0.121. The van der Waals surface area contributed by atoms with Crippen LogP contribution in [0.3, 0.4) is 0 Å². The number of hydrogen-bond donors (Lipinski definition) is 1. The molecular weight excluding hydrogens is 386 g/mol. The number of hydrogen-bond acceptors (Lipinski definition) is 5. The van der Waals surface area contributed by atoms with E-state index in [1.807, 2.05) is 20.8 Å². The lowest BCUT2D eigenvalue weighted by Gasteiger charge is -2.20. The summed E-state index contributed by atoms with van der Waals surface area (Å²) in [7, 11) is 0. The minimum absolute atomic E-state index is 0.00255. The van der Waals surface area contributed by atoms with Crippen LogP contribution < -0.4 is 10.9 Å². The molecule has 0 saturated heterocycles.